The Kier molecular flexibility index (Phi) is 3.30. The lowest BCUT2D eigenvalue weighted by Gasteiger charge is -2.35. The van der Waals surface area contributed by atoms with Crippen LogP contribution in [-0.4, -0.2) is 35.2 Å². The van der Waals surface area contributed by atoms with E-state index in [1.54, 1.807) is 0 Å². The number of phenolic OH excluding ortho intramolecular Hbond substituents is 1. The maximum Gasteiger partial charge on any atom is 0.121 e. The number of benzene rings is 1. The van der Waals surface area contributed by atoms with Crippen LogP contribution < -0.4 is 5.32 Å². The molecule has 2 aliphatic rings. The van der Waals surface area contributed by atoms with Crippen LogP contribution in [0.2, 0.25) is 0 Å². The minimum Gasteiger partial charge on any atom is -0.507 e. The van der Waals surface area contributed by atoms with E-state index in [0.29, 0.717) is 5.75 Å². The van der Waals surface area contributed by atoms with E-state index in [-0.39, 0.29) is 5.54 Å². The van der Waals surface area contributed by atoms with E-state index in [4.69, 9.17) is 0 Å². The molecule has 1 aromatic carbocycles. The molecule has 0 radical (unpaired) electrons. The summed E-state index contributed by atoms with van der Waals surface area (Å²) in [4.78, 5) is 2.62. The highest BCUT2D eigenvalue weighted by atomic mass is 16.3. The highest BCUT2D eigenvalue weighted by Crippen LogP contribution is 2.41. The van der Waals surface area contributed by atoms with Crippen molar-refractivity contribution in [3.8, 4) is 5.75 Å². The van der Waals surface area contributed by atoms with Crippen LogP contribution in [-0.2, 0) is 6.54 Å². The Morgan fingerprint density at radius 3 is 2.50 bits per heavy atom. The molecule has 2 fully saturated rings. The van der Waals surface area contributed by atoms with E-state index in [1.165, 1.54) is 12.1 Å². The molecule has 0 bridgehead atoms. The van der Waals surface area contributed by atoms with Crippen LogP contribution in [0.15, 0.2) is 12.1 Å². The molecule has 3 heteroatoms. The fourth-order valence-corrected chi connectivity index (χ4v) is 4.13. The molecule has 2 atom stereocenters. The third-order valence-electron chi connectivity index (χ3n) is 5.44. The van der Waals surface area contributed by atoms with Gasteiger partial charge in [-0.3, -0.25) is 4.90 Å². The number of likely N-dealkylation sites (tertiary alicyclic amines) is 1. The minimum absolute atomic E-state index is 0.258. The van der Waals surface area contributed by atoms with Crippen LogP contribution in [0.4, 0.5) is 0 Å². The van der Waals surface area contributed by atoms with Crippen molar-refractivity contribution >= 4 is 0 Å². The zero-order valence-corrected chi connectivity index (χ0v) is 13.0. The Morgan fingerprint density at radius 1 is 1.25 bits per heavy atom. The summed E-state index contributed by atoms with van der Waals surface area (Å²) in [5, 5.41) is 13.4. The highest BCUT2D eigenvalue weighted by molar-refractivity contribution is 5.42. The summed E-state index contributed by atoms with van der Waals surface area (Å²) in [6, 6.07) is 4.26. The second-order valence-corrected chi connectivity index (χ2v) is 7.14. The molecule has 2 N–H and O–H groups in total. The van der Waals surface area contributed by atoms with E-state index in [9.17, 15) is 5.11 Å². The van der Waals surface area contributed by atoms with E-state index in [1.807, 2.05) is 13.8 Å². The standard InChI is InChI=1S/C17H26N2O/c1-11-5-13(6-12(2)16(11)20)9-19-10-14-7-18-8-15(14)17(19,3)4/h5-6,14-15,18,20H,7-10H2,1-4H3. The van der Waals surface area contributed by atoms with Crippen molar-refractivity contribution in [1.29, 1.82) is 0 Å². The van der Waals surface area contributed by atoms with Crippen molar-refractivity contribution in [2.45, 2.75) is 39.8 Å². The van der Waals surface area contributed by atoms with Gasteiger partial charge < -0.3 is 10.4 Å². The number of hydrogen-bond acceptors (Lipinski definition) is 3. The van der Waals surface area contributed by atoms with Crippen LogP contribution in [0, 0.1) is 25.7 Å². The van der Waals surface area contributed by atoms with Crippen molar-refractivity contribution in [3.63, 3.8) is 0 Å². The first-order valence-corrected chi connectivity index (χ1v) is 7.64. The van der Waals surface area contributed by atoms with Gasteiger partial charge >= 0.3 is 0 Å². The SMILES string of the molecule is Cc1cc(CN2CC3CNCC3C2(C)C)cc(C)c1O. The maximum absolute atomic E-state index is 9.90. The number of phenols is 1. The van der Waals surface area contributed by atoms with E-state index >= 15 is 0 Å². The molecule has 3 nitrogen and oxygen atoms in total. The second kappa shape index (κ2) is 4.74. The Labute approximate surface area is 122 Å². The number of nitrogens with one attached hydrogen (secondary N) is 1. The normalized spacial score (nSPS) is 28.8. The number of hydrogen-bond donors (Lipinski definition) is 2. The lowest BCUT2D eigenvalue weighted by Crippen LogP contribution is -2.43. The lowest BCUT2D eigenvalue weighted by atomic mass is 9.85. The van der Waals surface area contributed by atoms with E-state index in [2.05, 4.69) is 36.2 Å². The first-order valence-electron chi connectivity index (χ1n) is 7.64. The van der Waals surface area contributed by atoms with Crippen LogP contribution >= 0.6 is 0 Å². The van der Waals surface area contributed by atoms with Gasteiger partial charge in [0.05, 0.1) is 0 Å². The van der Waals surface area contributed by atoms with Crippen molar-refractivity contribution in [1.82, 2.24) is 10.2 Å². The van der Waals surface area contributed by atoms with Gasteiger partial charge in [-0.05, 0) is 62.8 Å². The summed E-state index contributed by atoms with van der Waals surface area (Å²) >= 11 is 0. The fourth-order valence-electron chi connectivity index (χ4n) is 4.13. The third kappa shape index (κ3) is 2.13. The first-order chi connectivity index (χ1) is 9.39. The molecule has 0 aromatic heterocycles. The van der Waals surface area contributed by atoms with Gasteiger partial charge in [0, 0.05) is 25.2 Å². The van der Waals surface area contributed by atoms with Crippen LogP contribution in [0.3, 0.4) is 0 Å². The summed E-state index contributed by atoms with van der Waals surface area (Å²) in [5.41, 5.74) is 3.55. The van der Waals surface area contributed by atoms with Crippen LogP contribution in [0.25, 0.3) is 0 Å². The summed E-state index contributed by atoms with van der Waals surface area (Å²) in [5.74, 6) is 2.00. The average Bonchev–Trinajstić information content (AvgIpc) is 2.91. The quantitative estimate of drug-likeness (QED) is 0.869. The summed E-state index contributed by atoms with van der Waals surface area (Å²) in [7, 11) is 0. The number of fused-ring (bicyclic) bond motifs is 1. The van der Waals surface area contributed by atoms with Gasteiger partial charge in [-0.15, -0.1) is 0 Å². The number of nitrogens with zero attached hydrogens (tertiary/aromatic N) is 1. The maximum atomic E-state index is 9.90. The molecule has 1 aromatic rings. The van der Waals surface area contributed by atoms with Crippen molar-refractivity contribution in [2.24, 2.45) is 11.8 Å². The van der Waals surface area contributed by atoms with Gasteiger partial charge in [-0.25, -0.2) is 0 Å². The van der Waals surface area contributed by atoms with Crippen LogP contribution in [0.5, 0.6) is 5.75 Å². The van der Waals surface area contributed by atoms with E-state index in [0.717, 1.165) is 42.6 Å². The van der Waals surface area contributed by atoms with Gasteiger partial charge in [-0.1, -0.05) is 12.1 Å². The molecule has 0 spiro atoms. The summed E-state index contributed by atoms with van der Waals surface area (Å²) in [6.45, 7) is 13.2. The molecule has 0 amide bonds. The molecule has 0 aliphatic carbocycles. The van der Waals surface area contributed by atoms with Crippen LogP contribution in [0.1, 0.15) is 30.5 Å². The van der Waals surface area contributed by atoms with Gasteiger partial charge in [0.15, 0.2) is 0 Å². The largest absolute Gasteiger partial charge is 0.507 e. The van der Waals surface area contributed by atoms with Gasteiger partial charge in [0.1, 0.15) is 5.75 Å². The number of aromatic hydroxyl groups is 1. The summed E-state index contributed by atoms with van der Waals surface area (Å²) in [6.07, 6.45) is 0. The molecule has 0 saturated carbocycles. The number of rotatable bonds is 2. The molecule has 20 heavy (non-hydrogen) atoms. The Morgan fingerprint density at radius 2 is 1.90 bits per heavy atom. The Bertz CT molecular complexity index is 501. The second-order valence-electron chi connectivity index (χ2n) is 7.14. The zero-order chi connectivity index (χ0) is 14.5. The highest BCUT2D eigenvalue weighted by Gasteiger charge is 2.49. The smallest absolute Gasteiger partial charge is 0.121 e. The summed E-state index contributed by atoms with van der Waals surface area (Å²) < 4.78 is 0. The van der Waals surface area contributed by atoms with Crippen molar-refractivity contribution in [2.75, 3.05) is 19.6 Å². The number of aryl methyl sites for hydroxylation is 2. The Hall–Kier alpha value is -1.06. The first kappa shape index (κ1) is 13.9. The minimum atomic E-state index is 0.258. The predicted octanol–water partition coefficient (Wildman–Crippen LogP) is 2.44. The van der Waals surface area contributed by atoms with Crippen molar-refractivity contribution < 1.29 is 5.11 Å². The topological polar surface area (TPSA) is 35.5 Å². The molecule has 2 aliphatic heterocycles. The predicted molar refractivity (Wildman–Crippen MR) is 81.9 cm³/mol. The lowest BCUT2D eigenvalue weighted by molar-refractivity contribution is 0.132. The fraction of sp³-hybridized carbons (Fsp3) is 0.647. The molecule has 2 heterocycles. The van der Waals surface area contributed by atoms with Gasteiger partial charge in [0.2, 0.25) is 0 Å². The third-order valence-corrected chi connectivity index (χ3v) is 5.44. The van der Waals surface area contributed by atoms with Gasteiger partial charge in [0.25, 0.3) is 0 Å². The zero-order valence-electron chi connectivity index (χ0n) is 13.0. The average molecular weight is 274 g/mol. The molecule has 110 valence electrons. The van der Waals surface area contributed by atoms with Crippen molar-refractivity contribution in [3.05, 3.63) is 28.8 Å². The molecular formula is C17H26N2O. The monoisotopic (exact) mass is 274 g/mol. The van der Waals surface area contributed by atoms with Gasteiger partial charge in [-0.2, -0.15) is 0 Å². The molecule has 2 saturated heterocycles. The molecule has 3 rings (SSSR count). The molecular weight excluding hydrogens is 248 g/mol. The van der Waals surface area contributed by atoms with E-state index < -0.39 is 0 Å². The Balaban J connectivity index is 1.82. The molecule has 2 unspecified atom stereocenters.